The summed E-state index contributed by atoms with van der Waals surface area (Å²) < 4.78 is 0. The van der Waals surface area contributed by atoms with E-state index in [1.807, 2.05) is 11.9 Å². The number of nitrogens with zero attached hydrogens (tertiary/aromatic N) is 1. The van der Waals surface area contributed by atoms with E-state index in [4.69, 9.17) is 0 Å². The minimum absolute atomic E-state index is 0.289. The fourth-order valence-corrected chi connectivity index (χ4v) is 2.14. The van der Waals surface area contributed by atoms with Crippen LogP contribution in [0.5, 0.6) is 0 Å². The highest BCUT2D eigenvalue weighted by atomic mass is 16.2. The van der Waals surface area contributed by atoms with Gasteiger partial charge in [0, 0.05) is 26.1 Å². The lowest BCUT2D eigenvalue weighted by atomic mass is 10.1. The van der Waals surface area contributed by atoms with E-state index in [0.717, 1.165) is 19.5 Å². The van der Waals surface area contributed by atoms with Crippen LogP contribution in [-0.2, 0) is 4.79 Å². The van der Waals surface area contributed by atoms with Gasteiger partial charge >= 0.3 is 0 Å². The number of rotatable bonds is 5. The Bertz CT molecular complexity index is 198. The largest absolute Gasteiger partial charge is 0.346 e. The van der Waals surface area contributed by atoms with Crippen molar-refractivity contribution in [2.45, 2.75) is 45.6 Å². The van der Waals surface area contributed by atoms with E-state index in [1.165, 1.54) is 12.8 Å². The predicted molar refractivity (Wildman–Crippen MR) is 62.7 cm³/mol. The van der Waals surface area contributed by atoms with Gasteiger partial charge in [0.25, 0.3) is 0 Å². The maximum absolute atomic E-state index is 11.7. The molecule has 1 saturated heterocycles. The molecule has 0 radical (unpaired) electrons. The highest BCUT2D eigenvalue weighted by Gasteiger charge is 2.17. The average molecular weight is 212 g/mol. The minimum atomic E-state index is 0.289. The van der Waals surface area contributed by atoms with Gasteiger partial charge < -0.3 is 10.2 Å². The van der Waals surface area contributed by atoms with Gasteiger partial charge in [-0.1, -0.05) is 13.8 Å². The monoisotopic (exact) mass is 212 g/mol. The molecule has 15 heavy (non-hydrogen) atoms. The molecule has 0 aliphatic carbocycles. The predicted octanol–water partition coefficient (Wildman–Crippen LogP) is 1.63. The molecule has 3 heteroatoms. The topological polar surface area (TPSA) is 32.3 Å². The van der Waals surface area contributed by atoms with Gasteiger partial charge in [0.15, 0.2) is 0 Å². The Morgan fingerprint density at radius 2 is 2.27 bits per heavy atom. The molecule has 1 rings (SSSR count). The lowest BCUT2D eigenvalue weighted by molar-refractivity contribution is -0.130. The van der Waals surface area contributed by atoms with Crippen molar-refractivity contribution >= 4 is 5.91 Å². The Kier molecular flexibility index (Phi) is 5.09. The summed E-state index contributed by atoms with van der Waals surface area (Å²) in [7, 11) is 1.91. The number of hydrogen-bond acceptors (Lipinski definition) is 2. The van der Waals surface area contributed by atoms with E-state index >= 15 is 0 Å². The second-order valence-electron chi connectivity index (χ2n) is 5.00. The first-order valence-corrected chi connectivity index (χ1v) is 6.07. The smallest absolute Gasteiger partial charge is 0.222 e. The molecule has 0 saturated carbocycles. The molecule has 1 unspecified atom stereocenters. The Morgan fingerprint density at radius 3 is 2.80 bits per heavy atom. The summed E-state index contributed by atoms with van der Waals surface area (Å²) >= 11 is 0. The number of carbonyl (C=O) groups is 1. The molecule has 1 aliphatic heterocycles. The third kappa shape index (κ3) is 4.65. The summed E-state index contributed by atoms with van der Waals surface area (Å²) in [5.74, 6) is 0.848. The molecule has 1 N–H and O–H groups in total. The lowest BCUT2D eigenvalue weighted by Gasteiger charge is -2.20. The second kappa shape index (κ2) is 6.11. The molecule has 0 aromatic heterocycles. The van der Waals surface area contributed by atoms with Crippen molar-refractivity contribution < 1.29 is 4.79 Å². The van der Waals surface area contributed by atoms with Crippen LogP contribution < -0.4 is 5.32 Å². The van der Waals surface area contributed by atoms with Crippen LogP contribution in [0, 0.1) is 5.92 Å². The summed E-state index contributed by atoms with van der Waals surface area (Å²) in [6.07, 6.45) is 4.20. The first-order valence-electron chi connectivity index (χ1n) is 6.07. The van der Waals surface area contributed by atoms with Crippen LogP contribution >= 0.6 is 0 Å². The molecule has 0 bridgehead atoms. The summed E-state index contributed by atoms with van der Waals surface area (Å²) in [4.78, 5) is 13.6. The Labute approximate surface area is 93.2 Å². The van der Waals surface area contributed by atoms with E-state index < -0.39 is 0 Å². The molecule has 1 aliphatic rings. The van der Waals surface area contributed by atoms with Crippen molar-refractivity contribution in [1.29, 1.82) is 0 Å². The zero-order valence-corrected chi connectivity index (χ0v) is 10.3. The van der Waals surface area contributed by atoms with Gasteiger partial charge in [0.05, 0.1) is 0 Å². The maximum atomic E-state index is 11.7. The fourth-order valence-electron chi connectivity index (χ4n) is 2.14. The Balaban J connectivity index is 2.16. The summed E-state index contributed by atoms with van der Waals surface area (Å²) in [5.41, 5.74) is 0. The van der Waals surface area contributed by atoms with E-state index in [0.29, 0.717) is 18.4 Å². The summed E-state index contributed by atoms with van der Waals surface area (Å²) in [6, 6.07) is 0.585. The van der Waals surface area contributed by atoms with Gasteiger partial charge in [-0.3, -0.25) is 4.79 Å². The molecular formula is C12H24N2O. The van der Waals surface area contributed by atoms with Crippen molar-refractivity contribution in [3.63, 3.8) is 0 Å². The normalized spacial score (nSPS) is 20.9. The molecule has 3 nitrogen and oxygen atoms in total. The summed E-state index contributed by atoms with van der Waals surface area (Å²) in [6.45, 7) is 6.28. The molecule has 1 heterocycles. The van der Waals surface area contributed by atoms with E-state index in [1.54, 1.807) is 0 Å². The second-order valence-corrected chi connectivity index (χ2v) is 5.00. The molecule has 1 amide bonds. The van der Waals surface area contributed by atoms with Crippen molar-refractivity contribution in [3.05, 3.63) is 0 Å². The highest BCUT2D eigenvalue weighted by Crippen LogP contribution is 2.11. The SMILES string of the molecule is CC(C)CN(C)C(=O)CCC1CCCN1. The first kappa shape index (κ1) is 12.5. The first-order chi connectivity index (χ1) is 7.09. The lowest BCUT2D eigenvalue weighted by Crippen LogP contribution is -2.31. The molecule has 1 fully saturated rings. The van der Waals surface area contributed by atoms with Crippen LogP contribution in [0.15, 0.2) is 0 Å². The van der Waals surface area contributed by atoms with Gasteiger partial charge in [0.1, 0.15) is 0 Å². The molecule has 88 valence electrons. The third-order valence-corrected chi connectivity index (χ3v) is 2.93. The number of hydrogen-bond donors (Lipinski definition) is 1. The zero-order valence-electron chi connectivity index (χ0n) is 10.3. The average Bonchev–Trinajstić information content (AvgIpc) is 2.65. The molecule has 0 aromatic carbocycles. The molecular weight excluding hydrogens is 188 g/mol. The van der Waals surface area contributed by atoms with Gasteiger partial charge in [-0.15, -0.1) is 0 Å². The van der Waals surface area contributed by atoms with Crippen LogP contribution in [0.2, 0.25) is 0 Å². The van der Waals surface area contributed by atoms with Crippen LogP contribution in [-0.4, -0.2) is 37.0 Å². The third-order valence-electron chi connectivity index (χ3n) is 2.93. The minimum Gasteiger partial charge on any atom is -0.346 e. The van der Waals surface area contributed by atoms with Crippen LogP contribution in [0.1, 0.15) is 39.5 Å². The van der Waals surface area contributed by atoms with Crippen molar-refractivity contribution in [2.24, 2.45) is 5.92 Å². The van der Waals surface area contributed by atoms with Gasteiger partial charge in [-0.05, 0) is 31.7 Å². The Morgan fingerprint density at radius 1 is 1.53 bits per heavy atom. The number of amides is 1. The Hall–Kier alpha value is -0.570. The maximum Gasteiger partial charge on any atom is 0.222 e. The number of carbonyl (C=O) groups excluding carboxylic acids is 1. The molecule has 0 aromatic rings. The van der Waals surface area contributed by atoms with Crippen molar-refractivity contribution in [3.8, 4) is 0 Å². The van der Waals surface area contributed by atoms with Crippen molar-refractivity contribution in [2.75, 3.05) is 20.1 Å². The van der Waals surface area contributed by atoms with Crippen LogP contribution in [0.4, 0.5) is 0 Å². The van der Waals surface area contributed by atoms with E-state index in [2.05, 4.69) is 19.2 Å². The van der Waals surface area contributed by atoms with Gasteiger partial charge in [-0.2, -0.15) is 0 Å². The number of nitrogens with one attached hydrogen (secondary N) is 1. The molecule has 1 atom stereocenters. The van der Waals surface area contributed by atoms with E-state index in [-0.39, 0.29) is 5.91 Å². The van der Waals surface area contributed by atoms with Gasteiger partial charge in [0.2, 0.25) is 5.91 Å². The van der Waals surface area contributed by atoms with Crippen LogP contribution in [0.3, 0.4) is 0 Å². The standard InChI is InChI=1S/C12H24N2O/c1-10(2)9-14(3)12(15)7-6-11-5-4-8-13-11/h10-11,13H,4-9H2,1-3H3. The zero-order chi connectivity index (χ0) is 11.3. The van der Waals surface area contributed by atoms with Gasteiger partial charge in [-0.25, -0.2) is 0 Å². The fraction of sp³-hybridized carbons (Fsp3) is 0.917. The van der Waals surface area contributed by atoms with E-state index in [9.17, 15) is 4.79 Å². The molecule has 0 spiro atoms. The highest BCUT2D eigenvalue weighted by molar-refractivity contribution is 5.75. The van der Waals surface area contributed by atoms with Crippen LogP contribution in [0.25, 0.3) is 0 Å². The quantitative estimate of drug-likeness (QED) is 0.751. The summed E-state index contributed by atoms with van der Waals surface area (Å²) in [5, 5.41) is 3.42. The van der Waals surface area contributed by atoms with Crippen molar-refractivity contribution in [1.82, 2.24) is 10.2 Å².